The number of carboxylic acids is 1. The molecule has 16 heavy (non-hydrogen) atoms. The number of aryl methyl sites for hydroxylation is 2. The van der Waals surface area contributed by atoms with Gasteiger partial charge < -0.3 is 5.11 Å². The summed E-state index contributed by atoms with van der Waals surface area (Å²) in [5.74, 6) is 0.000958. The standard InChI is InChI=1S/C14H18O2/c1-9-4-3-5-11-6-7-12(8-13(15)16)10(2)14(9)11/h3-5,10,12H,6-8H2,1-2H3,(H,15,16). The van der Waals surface area contributed by atoms with Gasteiger partial charge in [-0.25, -0.2) is 0 Å². The highest BCUT2D eigenvalue weighted by Crippen LogP contribution is 2.39. The fourth-order valence-electron chi connectivity index (χ4n) is 2.94. The van der Waals surface area contributed by atoms with E-state index in [1.165, 1.54) is 16.7 Å². The predicted molar refractivity (Wildman–Crippen MR) is 63.7 cm³/mol. The molecule has 0 bridgehead atoms. The van der Waals surface area contributed by atoms with Crippen molar-refractivity contribution in [2.24, 2.45) is 5.92 Å². The third-order valence-electron chi connectivity index (χ3n) is 3.80. The molecule has 2 rings (SSSR count). The van der Waals surface area contributed by atoms with Gasteiger partial charge in [0, 0.05) is 6.42 Å². The average molecular weight is 218 g/mol. The van der Waals surface area contributed by atoms with Crippen LogP contribution in [0.4, 0.5) is 0 Å². The van der Waals surface area contributed by atoms with Crippen molar-refractivity contribution in [2.45, 2.75) is 39.0 Å². The summed E-state index contributed by atoms with van der Waals surface area (Å²) in [4.78, 5) is 10.8. The summed E-state index contributed by atoms with van der Waals surface area (Å²) >= 11 is 0. The lowest BCUT2D eigenvalue weighted by Crippen LogP contribution is -2.22. The molecule has 0 aliphatic heterocycles. The number of rotatable bonds is 2. The van der Waals surface area contributed by atoms with Crippen LogP contribution < -0.4 is 0 Å². The van der Waals surface area contributed by atoms with Crippen molar-refractivity contribution in [1.29, 1.82) is 0 Å². The Kier molecular flexibility index (Phi) is 2.99. The molecule has 0 saturated carbocycles. The molecule has 0 radical (unpaired) electrons. The minimum absolute atomic E-state index is 0.297. The molecule has 2 atom stereocenters. The third-order valence-corrected chi connectivity index (χ3v) is 3.80. The molecule has 86 valence electrons. The van der Waals surface area contributed by atoms with Crippen LogP contribution in [0.5, 0.6) is 0 Å². The van der Waals surface area contributed by atoms with Gasteiger partial charge in [0.15, 0.2) is 0 Å². The molecule has 1 aliphatic carbocycles. The zero-order valence-electron chi connectivity index (χ0n) is 9.86. The summed E-state index contributed by atoms with van der Waals surface area (Å²) in [5, 5.41) is 8.90. The van der Waals surface area contributed by atoms with Gasteiger partial charge in [0.2, 0.25) is 0 Å². The number of hydrogen-bond acceptors (Lipinski definition) is 1. The van der Waals surface area contributed by atoms with Gasteiger partial charge in [-0.05, 0) is 48.3 Å². The van der Waals surface area contributed by atoms with E-state index in [-0.39, 0.29) is 0 Å². The van der Waals surface area contributed by atoms with E-state index in [0.717, 1.165) is 12.8 Å². The monoisotopic (exact) mass is 218 g/mol. The van der Waals surface area contributed by atoms with Crippen molar-refractivity contribution in [2.75, 3.05) is 0 Å². The summed E-state index contributed by atoms with van der Waals surface area (Å²) < 4.78 is 0. The number of hydrogen-bond donors (Lipinski definition) is 1. The van der Waals surface area contributed by atoms with Crippen molar-refractivity contribution in [3.63, 3.8) is 0 Å². The average Bonchev–Trinajstić information content (AvgIpc) is 2.22. The van der Waals surface area contributed by atoms with Crippen molar-refractivity contribution in [3.8, 4) is 0 Å². The smallest absolute Gasteiger partial charge is 0.303 e. The van der Waals surface area contributed by atoms with E-state index < -0.39 is 5.97 Å². The Morgan fingerprint density at radius 3 is 2.94 bits per heavy atom. The number of benzene rings is 1. The number of fused-ring (bicyclic) bond motifs is 1. The van der Waals surface area contributed by atoms with Crippen molar-refractivity contribution >= 4 is 5.97 Å². The summed E-state index contributed by atoms with van der Waals surface area (Å²) in [6, 6.07) is 6.40. The number of carbonyl (C=O) groups is 1. The van der Waals surface area contributed by atoms with Crippen molar-refractivity contribution in [3.05, 3.63) is 34.9 Å². The van der Waals surface area contributed by atoms with Crippen LogP contribution in [0.2, 0.25) is 0 Å². The molecular weight excluding hydrogens is 200 g/mol. The minimum atomic E-state index is -0.672. The lowest BCUT2D eigenvalue weighted by atomic mass is 9.73. The first-order valence-electron chi connectivity index (χ1n) is 5.89. The SMILES string of the molecule is Cc1cccc2c1C(C)C(CC(=O)O)CC2. The third kappa shape index (κ3) is 1.97. The Hall–Kier alpha value is -1.31. The zero-order valence-corrected chi connectivity index (χ0v) is 9.86. The maximum Gasteiger partial charge on any atom is 0.303 e. The van der Waals surface area contributed by atoms with Gasteiger partial charge in [0.25, 0.3) is 0 Å². The molecule has 0 amide bonds. The van der Waals surface area contributed by atoms with Gasteiger partial charge in [-0.1, -0.05) is 25.1 Å². The molecule has 2 nitrogen and oxygen atoms in total. The highest BCUT2D eigenvalue weighted by atomic mass is 16.4. The first-order valence-corrected chi connectivity index (χ1v) is 5.89. The first-order chi connectivity index (χ1) is 7.59. The molecule has 0 saturated heterocycles. The lowest BCUT2D eigenvalue weighted by Gasteiger charge is -2.31. The number of carboxylic acid groups (broad SMARTS) is 1. The second-order valence-corrected chi connectivity index (χ2v) is 4.83. The fraction of sp³-hybridized carbons (Fsp3) is 0.500. The Labute approximate surface area is 96.3 Å². The molecule has 2 unspecified atom stereocenters. The van der Waals surface area contributed by atoms with Crippen LogP contribution in [0.1, 0.15) is 42.4 Å². The number of aliphatic carboxylic acids is 1. The van der Waals surface area contributed by atoms with Gasteiger partial charge in [0.1, 0.15) is 0 Å². The van der Waals surface area contributed by atoms with Gasteiger partial charge in [-0.3, -0.25) is 4.79 Å². The Balaban J connectivity index is 2.30. The Bertz CT molecular complexity index is 409. The normalized spacial score (nSPS) is 23.9. The highest BCUT2D eigenvalue weighted by molar-refractivity contribution is 5.67. The van der Waals surface area contributed by atoms with E-state index in [9.17, 15) is 4.79 Å². The highest BCUT2D eigenvalue weighted by Gasteiger charge is 2.28. The molecule has 0 fully saturated rings. The summed E-state index contributed by atoms with van der Waals surface area (Å²) in [6.45, 7) is 4.29. The molecule has 0 aromatic heterocycles. The van der Waals surface area contributed by atoms with Gasteiger partial charge in [-0.2, -0.15) is 0 Å². The molecule has 1 aliphatic rings. The van der Waals surface area contributed by atoms with E-state index in [1.807, 2.05) is 0 Å². The van der Waals surface area contributed by atoms with Gasteiger partial charge in [0.05, 0.1) is 0 Å². The molecule has 1 aromatic rings. The van der Waals surface area contributed by atoms with E-state index in [2.05, 4.69) is 32.0 Å². The van der Waals surface area contributed by atoms with Crippen LogP contribution in [0.25, 0.3) is 0 Å². The maximum atomic E-state index is 10.8. The van der Waals surface area contributed by atoms with E-state index in [4.69, 9.17) is 5.11 Å². The van der Waals surface area contributed by atoms with Crippen LogP contribution in [-0.2, 0) is 11.2 Å². The van der Waals surface area contributed by atoms with Crippen LogP contribution in [-0.4, -0.2) is 11.1 Å². The minimum Gasteiger partial charge on any atom is -0.481 e. The molecule has 1 N–H and O–H groups in total. The predicted octanol–water partition coefficient (Wildman–Crippen LogP) is 3.14. The Morgan fingerprint density at radius 1 is 1.50 bits per heavy atom. The van der Waals surface area contributed by atoms with E-state index in [1.54, 1.807) is 0 Å². The van der Waals surface area contributed by atoms with Crippen molar-refractivity contribution < 1.29 is 9.90 Å². The van der Waals surface area contributed by atoms with E-state index in [0.29, 0.717) is 18.3 Å². The summed E-state index contributed by atoms with van der Waals surface area (Å²) in [7, 11) is 0. The Morgan fingerprint density at radius 2 is 2.25 bits per heavy atom. The fourth-order valence-corrected chi connectivity index (χ4v) is 2.94. The second kappa shape index (κ2) is 4.28. The molecule has 2 heteroatoms. The van der Waals surface area contributed by atoms with Crippen LogP contribution in [0.3, 0.4) is 0 Å². The van der Waals surface area contributed by atoms with Crippen molar-refractivity contribution in [1.82, 2.24) is 0 Å². The van der Waals surface area contributed by atoms with Gasteiger partial charge in [-0.15, -0.1) is 0 Å². The molecule has 1 aromatic carbocycles. The van der Waals surface area contributed by atoms with Crippen LogP contribution in [0, 0.1) is 12.8 Å². The van der Waals surface area contributed by atoms with Crippen LogP contribution >= 0.6 is 0 Å². The molecule has 0 spiro atoms. The molecular formula is C14H18O2. The lowest BCUT2D eigenvalue weighted by molar-refractivity contribution is -0.138. The van der Waals surface area contributed by atoms with Gasteiger partial charge >= 0.3 is 5.97 Å². The maximum absolute atomic E-state index is 10.8. The largest absolute Gasteiger partial charge is 0.481 e. The van der Waals surface area contributed by atoms with E-state index >= 15 is 0 Å². The quantitative estimate of drug-likeness (QED) is 0.828. The summed E-state index contributed by atoms with van der Waals surface area (Å²) in [6.07, 6.45) is 2.33. The second-order valence-electron chi connectivity index (χ2n) is 4.83. The topological polar surface area (TPSA) is 37.3 Å². The molecule has 0 heterocycles. The first kappa shape index (κ1) is 11.2. The zero-order chi connectivity index (χ0) is 11.7. The summed E-state index contributed by atoms with van der Waals surface area (Å²) in [5.41, 5.74) is 4.11. The van der Waals surface area contributed by atoms with Crippen LogP contribution in [0.15, 0.2) is 18.2 Å².